The highest BCUT2D eigenvalue weighted by Crippen LogP contribution is 2.28. The van der Waals surface area contributed by atoms with Crippen LogP contribution in [-0.2, 0) is 22.3 Å². The van der Waals surface area contributed by atoms with Crippen molar-refractivity contribution in [3.05, 3.63) is 35.4 Å². The molecule has 0 amide bonds. The minimum absolute atomic E-state index is 0.0134. The van der Waals surface area contributed by atoms with Gasteiger partial charge in [-0.25, -0.2) is 18.1 Å². The van der Waals surface area contributed by atoms with Gasteiger partial charge in [-0.2, -0.15) is 0 Å². The number of rotatable bonds is 10. The Hall–Kier alpha value is -1.60. The predicted molar refractivity (Wildman–Crippen MR) is 112 cm³/mol. The highest BCUT2D eigenvalue weighted by Gasteiger charge is 2.14. The van der Waals surface area contributed by atoms with Gasteiger partial charge in [-0.1, -0.05) is 49.9 Å². The molecule has 7 heteroatoms. The fraction of sp³-hybridized carbons (Fsp3) is 0.650. The number of sulfonamides is 1. The summed E-state index contributed by atoms with van der Waals surface area (Å²) in [5.41, 5.74) is 1.77. The maximum atomic E-state index is 11.7. The molecule has 2 rings (SSSR count). The minimum atomic E-state index is -3.26. The van der Waals surface area contributed by atoms with Crippen molar-refractivity contribution < 1.29 is 8.42 Å². The van der Waals surface area contributed by atoms with Gasteiger partial charge in [-0.3, -0.25) is 0 Å². The molecule has 0 heterocycles. The molecule has 1 aromatic rings. The van der Waals surface area contributed by atoms with Crippen molar-refractivity contribution >= 4 is 16.0 Å². The lowest BCUT2D eigenvalue weighted by atomic mass is 10.0. The van der Waals surface area contributed by atoms with E-state index in [9.17, 15) is 8.42 Å². The predicted octanol–water partition coefficient (Wildman–Crippen LogP) is 2.76. The third-order valence-electron chi connectivity index (χ3n) is 4.98. The zero-order valence-corrected chi connectivity index (χ0v) is 17.4. The van der Waals surface area contributed by atoms with E-state index in [-0.39, 0.29) is 5.75 Å². The lowest BCUT2D eigenvalue weighted by Crippen LogP contribution is -2.37. The monoisotopic (exact) mass is 394 g/mol. The molecule has 0 aromatic heterocycles. The molecule has 0 aliphatic heterocycles. The second-order valence-corrected chi connectivity index (χ2v) is 9.12. The van der Waals surface area contributed by atoms with Gasteiger partial charge in [0.1, 0.15) is 0 Å². The van der Waals surface area contributed by atoms with Crippen LogP contribution in [0.15, 0.2) is 29.3 Å². The van der Waals surface area contributed by atoms with Gasteiger partial charge in [0.2, 0.25) is 10.0 Å². The summed E-state index contributed by atoms with van der Waals surface area (Å²) >= 11 is 0. The highest BCUT2D eigenvalue weighted by atomic mass is 32.2. The Kier molecular flexibility index (Phi) is 9.07. The minimum Gasteiger partial charge on any atom is -0.357 e. The SMILES string of the molecule is CCNC(=NCc1cccc(CS(=O)(=O)NC)c1)NCCCC1CCCC1. The first-order valence-electron chi connectivity index (χ1n) is 10.0. The maximum Gasteiger partial charge on any atom is 0.215 e. The molecule has 0 spiro atoms. The zero-order chi connectivity index (χ0) is 19.5. The quantitative estimate of drug-likeness (QED) is 0.324. The van der Waals surface area contributed by atoms with E-state index in [1.54, 1.807) is 0 Å². The Morgan fingerprint density at radius 2 is 1.93 bits per heavy atom. The van der Waals surface area contributed by atoms with Crippen LogP contribution in [0.2, 0.25) is 0 Å². The molecule has 0 unspecified atom stereocenters. The molecule has 27 heavy (non-hydrogen) atoms. The first-order valence-corrected chi connectivity index (χ1v) is 11.7. The number of aliphatic imine (C=N–C) groups is 1. The van der Waals surface area contributed by atoms with Crippen molar-refractivity contribution in [1.82, 2.24) is 15.4 Å². The van der Waals surface area contributed by atoms with E-state index in [4.69, 9.17) is 0 Å². The van der Waals surface area contributed by atoms with E-state index in [1.807, 2.05) is 24.3 Å². The Bertz CT molecular complexity index is 698. The van der Waals surface area contributed by atoms with E-state index in [0.717, 1.165) is 36.1 Å². The summed E-state index contributed by atoms with van der Waals surface area (Å²) in [6.07, 6.45) is 8.07. The fourth-order valence-corrected chi connectivity index (χ4v) is 4.28. The van der Waals surface area contributed by atoms with Crippen LogP contribution in [-0.4, -0.2) is 34.5 Å². The molecular weight excluding hydrogens is 360 g/mol. The average Bonchev–Trinajstić information content (AvgIpc) is 3.16. The molecule has 152 valence electrons. The smallest absolute Gasteiger partial charge is 0.215 e. The Labute approximate surface area is 164 Å². The summed E-state index contributed by atoms with van der Waals surface area (Å²) in [5, 5.41) is 6.69. The number of nitrogens with one attached hydrogen (secondary N) is 3. The zero-order valence-electron chi connectivity index (χ0n) is 16.6. The molecule has 1 aromatic carbocycles. The molecule has 0 saturated heterocycles. The van der Waals surface area contributed by atoms with Crippen LogP contribution >= 0.6 is 0 Å². The van der Waals surface area contributed by atoms with Crippen LogP contribution in [0, 0.1) is 5.92 Å². The Morgan fingerprint density at radius 3 is 2.63 bits per heavy atom. The lowest BCUT2D eigenvalue weighted by Gasteiger charge is -2.13. The van der Waals surface area contributed by atoms with E-state index in [1.165, 1.54) is 45.6 Å². The van der Waals surface area contributed by atoms with Crippen molar-refractivity contribution in [2.45, 2.75) is 57.7 Å². The van der Waals surface area contributed by atoms with Crippen LogP contribution in [0.25, 0.3) is 0 Å². The molecule has 3 N–H and O–H groups in total. The van der Waals surface area contributed by atoms with E-state index >= 15 is 0 Å². The standard InChI is InChI=1S/C20H34N4O2S/c1-3-22-20(23-13-7-12-17-8-4-5-9-17)24-15-18-10-6-11-19(14-18)16-27(25,26)21-2/h6,10-11,14,17,21H,3-5,7-9,12-13,15-16H2,1-2H3,(H2,22,23,24). The normalized spacial score (nSPS) is 15.9. The third kappa shape index (κ3) is 8.30. The van der Waals surface area contributed by atoms with E-state index < -0.39 is 10.0 Å². The van der Waals surface area contributed by atoms with Crippen molar-refractivity contribution in [3.8, 4) is 0 Å². The van der Waals surface area contributed by atoms with Gasteiger partial charge in [-0.15, -0.1) is 0 Å². The van der Waals surface area contributed by atoms with Crippen molar-refractivity contribution in [2.24, 2.45) is 10.9 Å². The van der Waals surface area contributed by atoms with Gasteiger partial charge in [0.05, 0.1) is 12.3 Å². The summed E-state index contributed by atoms with van der Waals surface area (Å²) in [7, 11) is -1.83. The number of benzene rings is 1. The molecule has 1 aliphatic carbocycles. The molecule has 1 saturated carbocycles. The van der Waals surface area contributed by atoms with Gasteiger partial charge in [0.15, 0.2) is 5.96 Å². The number of nitrogens with zero attached hydrogens (tertiary/aromatic N) is 1. The summed E-state index contributed by atoms with van der Waals surface area (Å²) in [6.45, 7) is 4.32. The van der Waals surface area contributed by atoms with Crippen molar-refractivity contribution in [2.75, 3.05) is 20.1 Å². The first-order chi connectivity index (χ1) is 13.0. The second kappa shape index (κ2) is 11.3. The lowest BCUT2D eigenvalue weighted by molar-refractivity contribution is 0.481. The van der Waals surface area contributed by atoms with Crippen LogP contribution in [0.3, 0.4) is 0 Å². The van der Waals surface area contributed by atoms with Crippen LogP contribution < -0.4 is 15.4 Å². The number of guanidine groups is 1. The summed E-state index contributed by atoms with van der Waals surface area (Å²) < 4.78 is 25.8. The van der Waals surface area contributed by atoms with E-state index in [2.05, 4.69) is 27.3 Å². The summed E-state index contributed by atoms with van der Waals surface area (Å²) in [4.78, 5) is 4.64. The van der Waals surface area contributed by atoms with E-state index in [0.29, 0.717) is 6.54 Å². The van der Waals surface area contributed by atoms with Crippen LogP contribution in [0.1, 0.15) is 56.6 Å². The maximum absolute atomic E-state index is 11.7. The molecule has 6 nitrogen and oxygen atoms in total. The van der Waals surface area contributed by atoms with Gasteiger partial charge in [0.25, 0.3) is 0 Å². The third-order valence-corrected chi connectivity index (χ3v) is 6.31. The first kappa shape index (κ1) is 21.7. The Morgan fingerprint density at radius 1 is 1.19 bits per heavy atom. The molecule has 0 atom stereocenters. The van der Waals surface area contributed by atoms with Gasteiger partial charge in [-0.05, 0) is 43.9 Å². The van der Waals surface area contributed by atoms with Gasteiger partial charge < -0.3 is 10.6 Å². The molecule has 1 fully saturated rings. The van der Waals surface area contributed by atoms with Crippen molar-refractivity contribution in [3.63, 3.8) is 0 Å². The summed E-state index contributed by atoms with van der Waals surface area (Å²) in [5.74, 6) is 1.72. The topological polar surface area (TPSA) is 82.6 Å². The highest BCUT2D eigenvalue weighted by molar-refractivity contribution is 7.88. The van der Waals surface area contributed by atoms with Crippen molar-refractivity contribution in [1.29, 1.82) is 0 Å². The molecule has 0 radical (unpaired) electrons. The molecule has 0 bridgehead atoms. The second-order valence-electron chi connectivity index (χ2n) is 7.20. The van der Waals surface area contributed by atoms with Gasteiger partial charge >= 0.3 is 0 Å². The van der Waals surface area contributed by atoms with Crippen LogP contribution in [0.4, 0.5) is 0 Å². The number of hydrogen-bond donors (Lipinski definition) is 3. The Balaban J connectivity index is 1.85. The molecular formula is C20H34N4O2S. The fourth-order valence-electron chi connectivity index (χ4n) is 3.52. The number of hydrogen-bond acceptors (Lipinski definition) is 3. The average molecular weight is 395 g/mol. The molecule has 1 aliphatic rings. The largest absolute Gasteiger partial charge is 0.357 e. The van der Waals surface area contributed by atoms with Crippen LogP contribution in [0.5, 0.6) is 0 Å². The van der Waals surface area contributed by atoms with Gasteiger partial charge in [0, 0.05) is 13.1 Å². The summed E-state index contributed by atoms with van der Waals surface area (Å²) in [6, 6.07) is 7.59.